The van der Waals surface area contributed by atoms with E-state index >= 15 is 0 Å². The van der Waals surface area contributed by atoms with Crippen LogP contribution in [0.2, 0.25) is 0 Å². The minimum Gasteiger partial charge on any atom is -0.379 e. The van der Waals surface area contributed by atoms with E-state index < -0.39 is 10.0 Å². The molecule has 0 saturated heterocycles. The summed E-state index contributed by atoms with van der Waals surface area (Å²) in [5, 5.41) is 7.49. The van der Waals surface area contributed by atoms with Gasteiger partial charge in [-0.05, 0) is 37.7 Å². The van der Waals surface area contributed by atoms with Crippen LogP contribution in [0.25, 0.3) is 0 Å². The van der Waals surface area contributed by atoms with Gasteiger partial charge < -0.3 is 5.32 Å². The van der Waals surface area contributed by atoms with E-state index in [-0.39, 0.29) is 4.90 Å². The lowest BCUT2D eigenvalue weighted by Gasteiger charge is -2.10. The molecule has 0 aliphatic heterocycles. The Balaban J connectivity index is 2.10. The summed E-state index contributed by atoms with van der Waals surface area (Å²) in [6.07, 6.45) is 2.79. The predicted molar refractivity (Wildman–Crippen MR) is 82.5 cm³/mol. The van der Waals surface area contributed by atoms with Gasteiger partial charge in [-0.2, -0.15) is 5.10 Å². The van der Waals surface area contributed by atoms with Crippen LogP contribution < -0.4 is 10.0 Å². The van der Waals surface area contributed by atoms with Crippen molar-refractivity contribution in [3.05, 3.63) is 42.2 Å². The Kier molecular flexibility index (Phi) is 4.98. The van der Waals surface area contributed by atoms with Crippen molar-refractivity contribution in [2.45, 2.75) is 31.3 Å². The van der Waals surface area contributed by atoms with Crippen LogP contribution in [0.4, 0.5) is 5.69 Å². The van der Waals surface area contributed by atoms with Crippen molar-refractivity contribution in [3.63, 3.8) is 0 Å². The van der Waals surface area contributed by atoms with Crippen LogP contribution in [-0.4, -0.2) is 25.2 Å². The van der Waals surface area contributed by atoms with E-state index in [1.807, 2.05) is 16.8 Å². The molecule has 0 atom stereocenters. The summed E-state index contributed by atoms with van der Waals surface area (Å²) in [6, 6.07) is 8.70. The second kappa shape index (κ2) is 6.73. The molecule has 2 N–H and O–H groups in total. The summed E-state index contributed by atoms with van der Waals surface area (Å²) in [5.41, 5.74) is 1.83. The average Bonchev–Trinajstić information content (AvgIpc) is 2.93. The second-order valence-electron chi connectivity index (χ2n) is 4.63. The Hall–Kier alpha value is -1.86. The number of sulfonamides is 1. The van der Waals surface area contributed by atoms with Gasteiger partial charge in [-0.3, -0.25) is 4.68 Å². The molecule has 0 spiro atoms. The van der Waals surface area contributed by atoms with Crippen molar-refractivity contribution in [1.29, 1.82) is 0 Å². The summed E-state index contributed by atoms with van der Waals surface area (Å²) >= 11 is 0. The fraction of sp³-hybridized carbons (Fsp3) is 0.357. The van der Waals surface area contributed by atoms with E-state index in [0.717, 1.165) is 24.3 Å². The molecule has 1 aromatic heterocycles. The van der Waals surface area contributed by atoms with E-state index in [0.29, 0.717) is 6.54 Å². The lowest BCUT2D eigenvalue weighted by molar-refractivity contribution is 0.578. The van der Waals surface area contributed by atoms with Crippen molar-refractivity contribution in [3.8, 4) is 0 Å². The Morgan fingerprint density at radius 3 is 2.81 bits per heavy atom. The number of nitrogens with one attached hydrogen (secondary N) is 2. The lowest BCUT2D eigenvalue weighted by Crippen LogP contribution is -2.18. The number of rotatable bonds is 7. The smallest absolute Gasteiger partial charge is 0.240 e. The standard InChI is InChI=1S/C14H20N4O2S/c1-3-9-18-13(7-8-17-18)11-16-12-5-4-6-14(10-12)21(19,20)15-2/h4-8,10,15-16H,3,9,11H2,1-2H3. The highest BCUT2D eigenvalue weighted by atomic mass is 32.2. The van der Waals surface area contributed by atoms with Gasteiger partial charge in [0, 0.05) is 18.4 Å². The van der Waals surface area contributed by atoms with E-state index in [4.69, 9.17) is 0 Å². The normalized spacial score (nSPS) is 11.5. The fourth-order valence-electron chi connectivity index (χ4n) is 2.01. The van der Waals surface area contributed by atoms with Gasteiger partial charge in [0.15, 0.2) is 0 Å². The largest absolute Gasteiger partial charge is 0.379 e. The van der Waals surface area contributed by atoms with Gasteiger partial charge in [-0.15, -0.1) is 0 Å². The summed E-state index contributed by atoms with van der Waals surface area (Å²) in [7, 11) is -2.02. The maximum Gasteiger partial charge on any atom is 0.240 e. The molecule has 0 unspecified atom stereocenters. The van der Waals surface area contributed by atoms with Gasteiger partial charge in [0.2, 0.25) is 10.0 Å². The Morgan fingerprint density at radius 2 is 2.10 bits per heavy atom. The van der Waals surface area contributed by atoms with Crippen LogP contribution in [-0.2, 0) is 23.1 Å². The molecule has 7 heteroatoms. The highest BCUT2D eigenvalue weighted by molar-refractivity contribution is 7.89. The van der Waals surface area contributed by atoms with E-state index in [1.165, 1.54) is 7.05 Å². The molecule has 6 nitrogen and oxygen atoms in total. The van der Waals surface area contributed by atoms with Crippen LogP contribution in [0, 0.1) is 0 Å². The molecule has 0 amide bonds. The number of aryl methyl sites for hydroxylation is 1. The molecule has 2 rings (SSSR count). The van der Waals surface area contributed by atoms with E-state index in [1.54, 1.807) is 24.4 Å². The highest BCUT2D eigenvalue weighted by Crippen LogP contribution is 2.16. The molecule has 21 heavy (non-hydrogen) atoms. The third-order valence-corrected chi connectivity index (χ3v) is 4.54. The van der Waals surface area contributed by atoms with Crippen molar-refractivity contribution >= 4 is 15.7 Å². The van der Waals surface area contributed by atoms with Crippen molar-refractivity contribution < 1.29 is 8.42 Å². The van der Waals surface area contributed by atoms with Crippen LogP contribution in [0.15, 0.2) is 41.4 Å². The third kappa shape index (κ3) is 3.83. The molecule has 1 heterocycles. The molecule has 0 bridgehead atoms. The fourth-order valence-corrected chi connectivity index (χ4v) is 2.78. The van der Waals surface area contributed by atoms with Gasteiger partial charge in [-0.25, -0.2) is 13.1 Å². The number of hydrogen-bond acceptors (Lipinski definition) is 4. The molecule has 114 valence electrons. The molecule has 1 aromatic carbocycles. The first-order chi connectivity index (χ1) is 10.1. The first-order valence-electron chi connectivity index (χ1n) is 6.85. The minimum atomic E-state index is -3.42. The average molecular weight is 308 g/mol. The number of nitrogens with zero attached hydrogens (tertiary/aromatic N) is 2. The Labute approximate surface area is 125 Å². The quantitative estimate of drug-likeness (QED) is 0.818. The topological polar surface area (TPSA) is 76.0 Å². The van der Waals surface area contributed by atoms with Crippen molar-refractivity contribution in [2.24, 2.45) is 0 Å². The molecule has 0 aliphatic carbocycles. The summed E-state index contributed by atoms with van der Waals surface area (Å²) in [6.45, 7) is 3.58. The highest BCUT2D eigenvalue weighted by Gasteiger charge is 2.11. The zero-order valence-electron chi connectivity index (χ0n) is 12.2. The van der Waals surface area contributed by atoms with Crippen LogP contribution >= 0.6 is 0 Å². The Morgan fingerprint density at radius 1 is 1.29 bits per heavy atom. The van der Waals surface area contributed by atoms with Crippen molar-refractivity contribution in [1.82, 2.24) is 14.5 Å². The minimum absolute atomic E-state index is 0.247. The van der Waals surface area contributed by atoms with E-state index in [9.17, 15) is 8.42 Å². The van der Waals surface area contributed by atoms with Crippen molar-refractivity contribution in [2.75, 3.05) is 12.4 Å². The third-order valence-electron chi connectivity index (χ3n) is 3.13. The first kappa shape index (κ1) is 15.5. The molecular formula is C14H20N4O2S. The monoisotopic (exact) mass is 308 g/mol. The van der Waals surface area contributed by atoms with Gasteiger partial charge >= 0.3 is 0 Å². The first-order valence-corrected chi connectivity index (χ1v) is 8.33. The maximum atomic E-state index is 11.8. The van der Waals surface area contributed by atoms with Crippen LogP contribution in [0.1, 0.15) is 19.0 Å². The van der Waals surface area contributed by atoms with Gasteiger partial charge in [0.1, 0.15) is 0 Å². The summed E-state index contributed by atoms with van der Waals surface area (Å²) in [4.78, 5) is 0.247. The predicted octanol–water partition coefficient (Wildman–Crippen LogP) is 1.81. The number of anilines is 1. The van der Waals surface area contributed by atoms with E-state index in [2.05, 4.69) is 22.1 Å². The molecule has 0 saturated carbocycles. The molecule has 0 fully saturated rings. The summed E-state index contributed by atoms with van der Waals surface area (Å²) in [5.74, 6) is 0. The second-order valence-corrected chi connectivity index (χ2v) is 6.52. The lowest BCUT2D eigenvalue weighted by atomic mass is 10.3. The molecular weight excluding hydrogens is 288 g/mol. The zero-order valence-corrected chi connectivity index (χ0v) is 13.0. The Bertz CT molecular complexity index is 695. The van der Waals surface area contributed by atoms with Gasteiger partial charge in [0.05, 0.1) is 17.1 Å². The molecule has 0 aliphatic rings. The molecule has 0 radical (unpaired) electrons. The zero-order chi connectivity index (χ0) is 15.3. The SMILES string of the molecule is CCCn1nccc1CNc1cccc(S(=O)(=O)NC)c1. The number of hydrogen-bond donors (Lipinski definition) is 2. The van der Waals surface area contributed by atoms with Crippen LogP contribution in [0.5, 0.6) is 0 Å². The van der Waals surface area contributed by atoms with Crippen LogP contribution in [0.3, 0.4) is 0 Å². The molecule has 2 aromatic rings. The maximum absolute atomic E-state index is 11.8. The van der Waals surface area contributed by atoms with Gasteiger partial charge in [-0.1, -0.05) is 13.0 Å². The number of benzene rings is 1. The summed E-state index contributed by atoms with van der Waals surface area (Å²) < 4.78 is 27.8. The number of aromatic nitrogens is 2. The van der Waals surface area contributed by atoms with Gasteiger partial charge in [0.25, 0.3) is 0 Å².